The molecule has 0 saturated carbocycles. The molecule has 4 atom stereocenters. The fourth-order valence-corrected chi connectivity index (χ4v) is 8.07. The summed E-state index contributed by atoms with van der Waals surface area (Å²) in [6.07, 6.45) is 5.26. The summed E-state index contributed by atoms with van der Waals surface area (Å²) in [6, 6.07) is 10.9. The first-order chi connectivity index (χ1) is 26.4. The Morgan fingerprint density at radius 3 is 2.36 bits per heavy atom. The van der Waals surface area contributed by atoms with Crippen molar-refractivity contribution in [2.45, 2.75) is 84.3 Å². The van der Waals surface area contributed by atoms with Crippen molar-refractivity contribution in [1.29, 1.82) is 0 Å². The molecule has 3 aliphatic heterocycles. The average molecular weight is 752 g/mol. The van der Waals surface area contributed by atoms with Gasteiger partial charge in [-0.25, -0.2) is 14.5 Å². The second kappa shape index (κ2) is 15.6. The molecule has 7 rings (SSSR count). The van der Waals surface area contributed by atoms with Crippen LogP contribution in [0.4, 0.5) is 10.5 Å². The van der Waals surface area contributed by atoms with Crippen LogP contribution in [0.25, 0.3) is 28.0 Å². The van der Waals surface area contributed by atoms with E-state index in [1.54, 1.807) is 4.68 Å². The number of rotatable bonds is 11. The molecule has 3 amide bonds. The molecule has 55 heavy (non-hydrogen) atoms. The lowest BCUT2D eigenvalue weighted by atomic mass is 9.91. The van der Waals surface area contributed by atoms with Gasteiger partial charge in [0.2, 0.25) is 11.8 Å². The van der Waals surface area contributed by atoms with Crippen LogP contribution in [0.2, 0.25) is 0 Å². The Hall–Kier alpha value is -5.60. The number of hydrogen-bond donors (Lipinski definition) is 2. The van der Waals surface area contributed by atoms with Crippen LogP contribution in [0, 0.1) is 17.8 Å². The third-order valence-electron chi connectivity index (χ3n) is 11.2. The summed E-state index contributed by atoms with van der Waals surface area (Å²) < 4.78 is 11.4. The minimum absolute atomic E-state index is 0.0101. The Morgan fingerprint density at radius 1 is 0.909 bits per heavy atom. The van der Waals surface area contributed by atoms with Crippen molar-refractivity contribution in [3.63, 3.8) is 0 Å². The Kier molecular flexibility index (Phi) is 10.7. The van der Waals surface area contributed by atoms with E-state index in [2.05, 4.69) is 26.7 Å². The van der Waals surface area contributed by atoms with Gasteiger partial charge in [-0.2, -0.15) is 0 Å². The molecular formula is C40H49N9O6. The number of aliphatic imine (C=N–C) groups is 1. The van der Waals surface area contributed by atoms with Crippen molar-refractivity contribution < 1.29 is 28.7 Å². The predicted octanol–water partition coefficient (Wildman–Crippen LogP) is 5.31. The molecular weight excluding hydrogens is 702 g/mol. The molecule has 2 aromatic carbocycles. The van der Waals surface area contributed by atoms with Crippen molar-refractivity contribution in [3.8, 4) is 16.9 Å². The number of alkyl carbamates (subject to hydrolysis) is 1. The maximum Gasteiger partial charge on any atom is 0.407 e. The van der Waals surface area contributed by atoms with Gasteiger partial charge in [-0.15, -0.1) is 5.10 Å². The highest BCUT2D eigenvalue weighted by molar-refractivity contribution is 6.01. The van der Waals surface area contributed by atoms with Crippen LogP contribution in [0.5, 0.6) is 0 Å². The number of ether oxygens (including phenoxy) is 2. The normalized spacial score (nSPS) is 19.2. The highest BCUT2D eigenvalue weighted by atomic mass is 16.5. The molecule has 4 aromatic rings. The largest absolute Gasteiger partial charge is 0.469 e. The smallest absolute Gasteiger partial charge is 0.407 e. The van der Waals surface area contributed by atoms with E-state index in [0.717, 1.165) is 70.8 Å². The van der Waals surface area contributed by atoms with Gasteiger partial charge in [0.05, 0.1) is 67.2 Å². The molecule has 0 spiro atoms. The van der Waals surface area contributed by atoms with E-state index < -0.39 is 18.1 Å². The molecule has 0 aliphatic carbocycles. The summed E-state index contributed by atoms with van der Waals surface area (Å²) >= 11 is 0. The standard InChI is InChI=1S/C40H49N9O6/c1-22(2)27(20-35(50)54-5)38(51)48-16-8-10-34(48)37-42-29-13-11-24(18-30(29)43-37)32-21-49(46-45-32)26-12-14-28-25(17-26)19-31(41-28)33-9-7-15-47(33)39(52)36(23(3)4)44-40(53)55-6/h11-14,17-18,21-23,27,33-34,36H,7-10,15-16,19-20H2,1-6H3,(H,42,43)(H,44,53)/t27-,33-,34-,36-/m0/s1. The number of H-pyrrole nitrogens is 1. The maximum atomic E-state index is 13.7. The van der Waals surface area contributed by atoms with Crippen LogP contribution in [-0.4, -0.2) is 104 Å². The minimum atomic E-state index is -0.682. The number of imidazole rings is 1. The zero-order valence-corrected chi connectivity index (χ0v) is 32.2. The van der Waals surface area contributed by atoms with E-state index in [0.29, 0.717) is 25.2 Å². The zero-order valence-electron chi connectivity index (χ0n) is 32.2. The maximum absolute atomic E-state index is 13.7. The summed E-state index contributed by atoms with van der Waals surface area (Å²) in [6.45, 7) is 8.95. The van der Waals surface area contributed by atoms with E-state index in [4.69, 9.17) is 19.5 Å². The van der Waals surface area contributed by atoms with Gasteiger partial charge >= 0.3 is 12.1 Å². The van der Waals surface area contributed by atoms with E-state index in [-0.39, 0.29) is 48.1 Å². The number of nitrogens with zero attached hydrogens (tertiary/aromatic N) is 7. The number of fused-ring (bicyclic) bond motifs is 2. The van der Waals surface area contributed by atoms with E-state index >= 15 is 0 Å². The number of likely N-dealkylation sites (tertiary alicyclic amines) is 2. The summed E-state index contributed by atoms with van der Waals surface area (Å²) in [4.78, 5) is 68.4. The Balaban J connectivity index is 1.04. The second-order valence-electron chi connectivity index (χ2n) is 15.4. The van der Waals surface area contributed by atoms with Crippen LogP contribution >= 0.6 is 0 Å². The van der Waals surface area contributed by atoms with Crippen molar-refractivity contribution in [1.82, 2.24) is 40.1 Å². The number of carbonyl (C=O) groups excluding carboxylic acids is 4. The van der Waals surface area contributed by atoms with E-state index in [9.17, 15) is 19.2 Å². The number of aromatic amines is 1. The van der Waals surface area contributed by atoms with Gasteiger partial charge in [-0.05, 0) is 73.4 Å². The van der Waals surface area contributed by atoms with Crippen molar-refractivity contribution in [3.05, 3.63) is 54.0 Å². The Labute approximate surface area is 319 Å². The monoisotopic (exact) mass is 751 g/mol. The number of amides is 3. The van der Waals surface area contributed by atoms with Crippen LogP contribution in [-0.2, 0) is 30.3 Å². The average Bonchev–Trinajstić information content (AvgIpc) is 4.02. The number of esters is 1. The molecule has 2 fully saturated rings. The predicted molar refractivity (Wildman–Crippen MR) is 205 cm³/mol. The fraction of sp³-hybridized carbons (Fsp3) is 0.500. The van der Waals surface area contributed by atoms with Crippen molar-refractivity contribution in [2.24, 2.45) is 22.7 Å². The highest BCUT2D eigenvalue weighted by Crippen LogP contribution is 2.36. The third-order valence-corrected chi connectivity index (χ3v) is 11.2. The van der Waals surface area contributed by atoms with E-state index in [1.165, 1.54) is 14.2 Å². The second-order valence-corrected chi connectivity index (χ2v) is 15.4. The lowest BCUT2D eigenvalue weighted by Crippen LogP contribution is -2.53. The van der Waals surface area contributed by atoms with Gasteiger partial charge < -0.3 is 29.6 Å². The lowest BCUT2D eigenvalue weighted by Gasteiger charge is -2.30. The molecule has 2 saturated heterocycles. The van der Waals surface area contributed by atoms with Crippen LogP contribution < -0.4 is 5.32 Å². The van der Waals surface area contributed by atoms with Gasteiger partial charge in [0.15, 0.2) is 0 Å². The number of methoxy groups -OCH3 is 2. The summed E-state index contributed by atoms with van der Waals surface area (Å²) in [5.41, 5.74) is 6.89. The molecule has 0 radical (unpaired) electrons. The first-order valence-corrected chi connectivity index (χ1v) is 19.1. The van der Waals surface area contributed by atoms with Crippen LogP contribution in [0.1, 0.15) is 77.2 Å². The number of hydrogen-bond acceptors (Lipinski definition) is 10. The topological polar surface area (TPSA) is 177 Å². The Bertz CT molecular complexity index is 2140. The van der Waals surface area contributed by atoms with Gasteiger partial charge in [0.1, 0.15) is 17.6 Å². The number of carbonyl (C=O) groups is 4. The summed E-state index contributed by atoms with van der Waals surface area (Å²) in [5.74, 6) is -0.396. The number of nitrogens with one attached hydrogen (secondary N) is 2. The summed E-state index contributed by atoms with van der Waals surface area (Å²) in [5, 5.41) is 11.7. The van der Waals surface area contributed by atoms with Gasteiger partial charge in [-0.1, -0.05) is 39.0 Å². The van der Waals surface area contributed by atoms with Gasteiger partial charge in [0.25, 0.3) is 0 Å². The molecule has 290 valence electrons. The van der Waals surface area contributed by atoms with Crippen LogP contribution in [0.15, 0.2) is 47.6 Å². The third kappa shape index (κ3) is 7.56. The van der Waals surface area contributed by atoms with E-state index in [1.807, 2.05) is 74.0 Å². The van der Waals surface area contributed by atoms with Gasteiger partial charge in [0, 0.05) is 30.8 Å². The molecule has 15 nitrogen and oxygen atoms in total. The first-order valence-electron chi connectivity index (χ1n) is 19.1. The van der Waals surface area contributed by atoms with Crippen molar-refractivity contribution in [2.75, 3.05) is 27.3 Å². The lowest BCUT2D eigenvalue weighted by molar-refractivity contribution is -0.148. The fourth-order valence-electron chi connectivity index (χ4n) is 8.07. The molecule has 5 heterocycles. The summed E-state index contributed by atoms with van der Waals surface area (Å²) in [7, 11) is 2.64. The number of aromatic nitrogens is 5. The number of benzene rings is 2. The molecule has 0 unspecified atom stereocenters. The minimum Gasteiger partial charge on any atom is -0.469 e. The molecule has 2 N–H and O–H groups in total. The Morgan fingerprint density at radius 2 is 1.65 bits per heavy atom. The van der Waals surface area contributed by atoms with Crippen LogP contribution in [0.3, 0.4) is 0 Å². The molecule has 15 heteroatoms. The highest BCUT2D eigenvalue weighted by Gasteiger charge is 2.40. The first kappa shape index (κ1) is 37.7. The van der Waals surface area contributed by atoms with Crippen molar-refractivity contribution >= 4 is 46.3 Å². The molecule has 0 bridgehead atoms. The molecule has 3 aliphatic rings. The molecule has 2 aromatic heterocycles. The SMILES string of the molecule is COC(=O)C[C@H](C(=O)N1CCC[C@H]1c1nc2ccc(-c3cn(-c4ccc5c(c4)CC([C@@H]4CCCN4C(=O)[C@@H](NC(=O)OC)C(C)C)=N5)nn3)cc2[nH]1)C(C)C. The quantitative estimate of drug-likeness (QED) is 0.192. The zero-order chi connectivity index (χ0) is 39.0. The van der Waals surface area contributed by atoms with Gasteiger partial charge in [-0.3, -0.25) is 19.4 Å².